The maximum Gasteiger partial charge on any atom is 0.373 e. The molecule has 0 aromatic heterocycles. The summed E-state index contributed by atoms with van der Waals surface area (Å²) < 4.78 is 5.87. The number of unbranched alkanes of at least 4 members (excludes halogenated alkanes) is 6. The molecular formula is C29H42O4. The monoisotopic (exact) mass is 454 g/mol. The highest BCUT2D eigenvalue weighted by Crippen LogP contribution is 2.17. The summed E-state index contributed by atoms with van der Waals surface area (Å²) in [5.41, 5.74) is 1.83. The van der Waals surface area contributed by atoms with Gasteiger partial charge in [-0.2, -0.15) is 4.89 Å². The second kappa shape index (κ2) is 17.2. The summed E-state index contributed by atoms with van der Waals surface area (Å²) in [4.78, 5) is 22.6. The van der Waals surface area contributed by atoms with Crippen molar-refractivity contribution >= 4 is 5.97 Å². The van der Waals surface area contributed by atoms with E-state index in [1.165, 1.54) is 37.7 Å². The molecule has 2 aromatic rings. The number of hydrogen-bond donors (Lipinski definition) is 0. The zero-order valence-corrected chi connectivity index (χ0v) is 20.6. The molecule has 0 N–H and O–H groups in total. The van der Waals surface area contributed by atoms with Crippen LogP contribution in [0.15, 0.2) is 54.6 Å². The van der Waals surface area contributed by atoms with E-state index < -0.39 is 5.97 Å². The fourth-order valence-corrected chi connectivity index (χ4v) is 3.82. The third kappa shape index (κ3) is 11.9. The maximum absolute atomic E-state index is 12.1. The number of rotatable bonds is 18. The van der Waals surface area contributed by atoms with Gasteiger partial charge in [0.25, 0.3) is 0 Å². The molecule has 0 radical (unpaired) electrons. The van der Waals surface area contributed by atoms with Crippen molar-refractivity contribution in [3.63, 3.8) is 0 Å². The lowest BCUT2D eigenvalue weighted by atomic mass is 10.0. The number of carbonyl (C=O) groups is 1. The van der Waals surface area contributed by atoms with Crippen molar-refractivity contribution < 1.29 is 19.3 Å². The molecule has 0 aliphatic rings. The maximum atomic E-state index is 12.1. The summed E-state index contributed by atoms with van der Waals surface area (Å²) in [7, 11) is 0. The Hall–Kier alpha value is -2.33. The van der Waals surface area contributed by atoms with Crippen molar-refractivity contribution in [2.24, 2.45) is 0 Å². The lowest BCUT2D eigenvalue weighted by Crippen LogP contribution is -2.16. The van der Waals surface area contributed by atoms with E-state index in [1.54, 1.807) is 12.1 Å². The van der Waals surface area contributed by atoms with Crippen LogP contribution in [0.25, 0.3) is 0 Å². The molecule has 2 rings (SSSR count). The zero-order chi connectivity index (χ0) is 23.6. The van der Waals surface area contributed by atoms with Crippen LogP contribution < -0.4 is 4.74 Å². The predicted octanol–water partition coefficient (Wildman–Crippen LogP) is 8.10. The van der Waals surface area contributed by atoms with Crippen molar-refractivity contribution in [1.82, 2.24) is 0 Å². The molecule has 4 nitrogen and oxygen atoms in total. The fourth-order valence-electron chi connectivity index (χ4n) is 3.82. The van der Waals surface area contributed by atoms with E-state index in [9.17, 15) is 4.79 Å². The molecule has 0 saturated carbocycles. The summed E-state index contributed by atoms with van der Waals surface area (Å²) >= 11 is 0. The van der Waals surface area contributed by atoms with Gasteiger partial charge in [0, 0.05) is 0 Å². The molecule has 4 heteroatoms. The van der Waals surface area contributed by atoms with Crippen molar-refractivity contribution in [3.05, 3.63) is 65.7 Å². The first-order valence-corrected chi connectivity index (χ1v) is 12.9. The van der Waals surface area contributed by atoms with Gasteiger partial charge in [0.1, 0.15) is 11.9 Å². The second-order valence-corrected chi connectivity index (χ2v) is 8.75. The minimum Gasteiger partial charge on any atom is -0.494 e. The van der Waals surface area contributed by atoms with E-state index in [0.717, 1.165) is 57.3 Å². The van der Waals surface area contributed by atoms with Gasteiger partial charge in [0.2, 0.25) is 0 Å². The summed E-state index contributed by atoms with van der Waals surface area (Å²) in [6, 6.07) is 17.4. The standard InChI is InChI=1S/C29H42O4/c1-3-5-6-7-8-14-24-31-27-22-20-25(21-23-27)16-12-13-19-28(15-4-2)32-33-29(30)26-17-10-9-11-18-26/h9-11,17-18,20-23,28H,3-8,12-16,19,24H2,1-2H3. The largest absolute Gasteiger partial charge is 0.494 e. The Morgan fingerprint density at radius 3 is 2.21 bits per heavy atom. The van der Waals surface area contributed by atoms with Crippen LogP contribution >= 0.6 is 0 Å². The minimum absolute atomic E-state index is 0.0552. The highest BCUT2D eigenvalue weighted by atomic mass is 17.2. The van der Waals surface area contributed by atoms with Gasteiger partial charge in [-0.1, -0.05) is 89.1 Å². The van der Waals surface area contributed by atoms with Crippen molar-refractivity contribution in [3.8, 4) is 5.75 Å². The van der Waals surface area contributed by atoms with Crippen LogP contribution in [-0.4, -0.2) is 18.7 Å². The van der Waals surface area contributed by atoms with Gasteiger partial charge in [-0.25, -0.2) is 4.79 Å². The number of ether oxygens (including phenoxy) is 1. The molecule has 0 aliphatic heterocycles. The molecule has 1 atom stereocenters. The highest BCUT2D eigenvalue weighted by molar-refractivity contribution is 5.88. The first kappa shape index (κ1) is 26.9. The molecular weight excluding hydrogens is 412 g/mol. The first-order valence-electron chi connectivity index (χ1n) is 12.9. The summed E-state index contributed by atoms with van der Waals surface area (Å²) in [6.45, 7) is 5.17. The normalized spacial score (nSPS) is 11.8. The minimum atomic E-state index is -0.435. The Kier molecular flexibility index (Phi) is 14.0. The van der Waals surface area contributed by atoms with Crippen LogP contribution in [-0.2, 0) is 16.2 Å². The lowest BCUT2D eigenvalue weighted by Gasteiger charge is -2.15. The molecule has 182 valence electrons. The average molecular weight is 455 g/mol. The number of aryl methyl sites for hydroxylation is 1. The molecule has 0 fully saturated rings. The van der Waals surface area contributed by atoms with Crippen LogP contribution in [0, 0.1) is 0 Å². The third-order valence-corrected chi connectivity index (χ3v) is 5.81. The van der Waals surface area contributed by atoms with Crippen LogP contribution in [0.5, 0.6) is 5.75 Å². The van der Waals surface area contributed by atoms with Gasteiger partial charge < -0.3 is 4.74 Å². The average Bonchev–Trinajstić information content (AvgIpc) is 2.85. The quantitative estimate of drug-likeness (QED) is 0.130. The summed E-state index contributed by atoms with van der Waals surface area (Å²) in [6.07, 6.45) is 13.5. The molecule has 0 aliphatic carbocycles. The molecule has 0 saturated heterocycles. The van der Waals surface area contributed by atoms with Crippen LogP contribution in [0.4, 0.5) is 0 Å². The van der Waals surface area contributed by atoms with Gasteiger partial charge in [0.05, 0.1) is 12.2 Å². The number of hydrogen-bond acceptors (Lipinski definition) is 4. The zero-order valence-electron chi connectivity index (χ0n) is 20.6. The highest BCUT2D eigenvalue weighted by Gasteiger charge is 2.14. The van der Waals surface area contributed by atoms with Gasteiger partial charge in [0.15, 0.2) is 0 Å². The van der Waals surface area contributed by atoms with Crippen molar-refractivity contribution in [2.45, 2.75) is 97.0 Å². The lowest BCUT2D eigenvalue weighted by molar-refractivity contribution is -0.277. The van der Waals surface area contributed by atoms with Gasteiger partial charge in [-0.05, 0) is 61.9 Å². The van der Waals surface area contributed by atoms with Crippen LogP contribution in [0.2, 0.25) is 0 Å². The molecule has 0 spiro atoms. The first-order chi connectivity index (χ1) is 16.2. The van der Waals surface area contributed by atoms with Crippen LogP contribution in [0.1, 0.15) is 100 Å². The Labute approximate surface area is 200 Å². The van der Waals surface area contributed by atoms with E-state index in [-0.39, 0.29) is 6.10 Å². The number of benzene rings is 2. The summed E-state index contributed by atoms with van der Waals surface area (Å²) in [5.74, 6) is 0.527. The molecule has 0 amide bonds. The Morgan fingerprint density at radius 2 is 1.48 bits per heavy atom. The molecule has 33 heavy (non-hydrogen) atoms. The Morgan fingerprint density at radius 1 is 0.758 bits per heavy atom. The third-order valence-electron chi connectivity index (χ3n) is 5.81. The van der Waals surface area contributed by atoms with E-state index >= 15 is 0 Å². The predicted molar refractivity (Wildman–Crippen MR) is 135 cm³/mol. The van der Waals surface area contributed by atoms with Gasteiger partial charge in [-0.15, -0.1) is 0 Å². The van der Waals surface area contributed by atoms with Gasteiger partial charge >= 0.3 is 5.97 Å². The second-order valence-electron chi connectivity index (χ2n) is 8.75. The SMILES string of the molecule is CCCCCCCCOc1ccc(CCCCC(CCC)OOC(=O)c2ccccc2)cc1. The molecule has 1 unspecified atom stereocenters. The Bertz CT molecular complexity index is 742. The van der Waals surface area contributed by atoms with Crippen molar-refractivity contribution in [1.29, 1.82) is 0 Å². The topological polar surface area (TPSA) is 44.8 Å². The van der Waals surface area contributed by atoms with Crippen LogP contribution in [0.3, 0.4) is 0 Å². The molecule has 2 aromatic carbocycles. The molecule has 0 heterocycles. The van der Waals surface area contributed by atoms with Gasteiger partial charge in [-0.3, -0.25) is 4.89 Å². The van der Waals surface area contributed by atoms with E-state index in [1.807, 2.05) is 18.2 Å². The van der Waals surface area contributed by atoms with E-state index in [2.05, 4.69) is 38.1 Å². The fraction of sp³-hybridized carbons (Fsp3) is 0.552. The smallest absolute Gasteiger partial charge is 0.373 e. The summed E-state index contributed by atoms with van der Waals surface area (Å²) in [5, 5.41) is 0. The van der Waals surface area contributed by atoms with E-state index in [4.69, 9.17) is 14.5 Å². The Balaban J connectivity index is 1.60. The molecule has 0 bridgehead atoms. The van der Waals surface area contributed by atoms with E-state index in [0.29, 0.717) is 5.56 Å². The van der Waals surface area contributed by atoms with Crippen molar-refractivity contribution in [2.75, 3.05) is 6.61 Å². The number of carbonyl (C=O) groups excluding carboxylic acids is 1.